The summed E-state index contributed by atoms with van der Waals surface area (Å²) >= 11 is 4.69. The molecule has 1 rings (SSSR count). The summed E-state index contributed by atoms with van der Waals surface area (Å²) in [4.78, 5) is -0.239. The number of hydrogen-bond acceptors (Lipinski definition) is 4. The van der Waals surface area contributed by atoms with Crippen molar-refractivity contribution in [3.05, 3.63) is 29.6 Å². The van der Waals surface area contributed by atoms with E-state index in [4.69, 9.17) is 22.7 Å². The van der Waals surface area contributed by atoms with E-state index in [-0.39, 0.29) is 28.6 Å². The van der Waals surface area contributed by atoms with Gasteiger partial charge in [0.25, 0.3) is 0 Å². The van der Waals surface area contributed by atoms with Crippen LogP contribution in [0, 0.1) is 5.82 Å². The maximum Gasteiger partial charge on any atom is 0.242 e. The number of sulfonamides is 1. The molecule has 0 saturated heterocycles. The lowest BCUT2D eigenvalue weighted by Gasteiger charge is -2.17. The van der Waals surface area contributed by atoms with Crippen molar-refractivity contribution in [1.29, 1.82) is 0 Å². The van der Waals surface area contributed by atoms with Crippen molar-refractivity contribution in [3.63, 3.8) is 0 Å². The SMILES string of the molecule is CCOCCN(C)S(=O)(=O)c1ccc(F)c(C(N)=S)c1. The highest BCUT2D eigenvalue weighted by atomic mass is 32.2. The summed E-state index contributed by atoms with van der Waals surface area (Å²) in [5, 5.41) is 0. The third-order valence-corrected chi connectivity index (χ3v) is 4.74. The predicted molar refractivity (Wildman–Crippen MR) is 78.6 cm³/mol. The van der Waals surface area contributed by atoms with Gasteiger partial charge < -0.3 is 10.5 Å². The van der Waals surface area contributed by atoms with Crippen LogP contribution < -0.4 is 5.73 Å². The molecule has 0 radical (unpaired) electrons. The molecule has 0 aliphatic rings. The molecule has 0 aliphatic heterocycles. The van der Waals surface area contributed by atoms with Gasteiger partial charge in [0.1, 0.15) is 10.8 Å². The number of thiocarbonyl (C=S) groups is 1. The molecule has 0 aromatic heterocycles. The van der Waals surface area contributed by atoms with Gasteiger partial charge in [0.15, 0.2) is 0 Å². The molecule has 0 bridgehead atoms. The zero-order valence-corrected chi connectivity index (χ0v) is 12.9. The number of rotatable bonds is 7. The van der Waals surface area contributed by atoms with Crippen LogP contribution in [0.2, 0.25) is 0 Å². The van der Waals surface area contributed by atoms with Crippen LogP contribution >= 0.6 is 12.2 Å². The summed E-state index contributed by atoms with van der Waals surface area (Å²) < 4.78 is 44.3. The minimum atomic E-state index is -3.72. The van der Waals surface area contributed by atoms with Crippen molar-refractivity contribution < 1.29 is 17.5 Å². The highest BCUT2D eigenvalue weighted by Crippen LogP contribution is 2.18. The Hall–Kier alpha value is -1.09. The molecule has 8 heteroatoms. The molecule has 112 valence electrons. The largest absolute Gasteiger partial charge is 0.389 e. The summed E-state index contributed by atoms with van der Waals surface area (Å²) in [6, 6.07) is 3.37. The average Bonchev–Trinajstić information content (AvgIpc) is 2.38. The Labute approximate surface area is 123 Å². The van der Waals surface area contributed by atoms with E-state index >= 15 is 0 Å². The fourth-order valence-electron chi connectivity index (χ4n) is 1.49. The molecule has 20 heavy (non-hydrogen) atoms. The number of ether oxygens (including phenoxy) is 1. The second kappa shape index (κ2) is 7.07. The number of nitrogens with zero attached hydrogens (tertiary/aromatic N) is 1. The zero-order valence-electron chi connectivity index (χ0n) is 11.3. The molecule has 0 spiro atoms. The normalized spacial score (nSPS) is 11.8. The molecule has 0 heterocycles. The van der Waals surface area contributed by atoms with Crippen LogP contribution in [-0.2, 0) is 14.8 Å². The second-order valence-electron chi connectivity index (χ2n) is 4.03. The summed E-state index contributed by atoms with van der Waals surface area (Å²) in [5.74, 6) is -0.645. The van der Waals surface area contributed by atoms with E-state index < -0.39 is 15.8 Å². The van der Waals surface area contributed by atoms with E-state index in [1.54, 1.807) is 0 Å². The van der Waals surface area contributed by atoms with E-state index in [0.29, 0.717) is 6.61 Å². The van der Waals surface area contributed by atoms with Gasteiger partial charge in [-0.25, -0.2) is 12.8 Å². The first-order valence-corrected chi connectivity index (χ1v) is 7.79. The molecule has 1 aromatic carbocycles. The fraction of sp³-hybridized carbons (Fsp3) is 0.417. The Morgan fingerprint density at radius 2 is 2.15 bits per heavy atom. The summed E-state index contributed by atoms with van der Waals surface area (Å²) in [6.07, 6.45) is 0. The number of likely N-dealkylation sites (N-methyl/N-ethyl adjacent to an activating group) is 1. The Morgan fingerprint density at radius 3 is 2.70 bits per heavy atom. The minimum Gasteiger partial charge on any atom is -0.389 e. The van der Waals surface area contributed by atoms with Crippen molar-refractivity contribution in [2.24, 2.45) is 5.73 Å². The molecule has 0 amide bonds. The number of benzene rings is 1. The first kappa shape index (κ1) is 17.0. The Bertz CT molecular complexity index is 590. The molecule has 0 unspecified atom stereocenters. The van der Waals surface area contributed by atoms with Gasteiger partial charge in [-0.15, -0.1) is 0 Å². The quantitative estimate of drug-likeness (QED) is 0.602. The molecular weight excluding hydrogens is 303 g/mol. The van der Waals surface area contributed by atoms with E-state index in [2.05, 4.69) is 0 Å². The van der Waals surface area contributed by atoms with Crippen LogP contribution in [0.15, 0.2) is 23.1 Å². The van der Waals surface area contributed by atoms with Gasteiger partial charge in [0.2, 0.25) is 10.0 Å². The van der Waals surface area contributed by atoms with E-state index in [9.17, 15) is 12.8 Å². The zero-order chi connectivity index (χ0) is 15.3. The number of hydrogen-bond donors (Lipinski definition) is 1. The molecule has 0 atom stereocenters. The lowest BCUT2D eigenvalue weighted by atomic mass is 10.2. The van der Waals surface area contributed by atoms with Crippen molar-refractivity contribution in [1.82, 2.24) is 4.31 Å². The first-order chi connectivity index (χ1) is 9.30. The summed E-state index contributed by atoms with van der Waals surface area (Å²) in [5.41, 5.74) is 5.28. The van der Waals surface area contributed by atoms with Crippen LogP contribution in [0.5, 0.6) is 0 Å². The second-order valence-corrected chi connectivity index (χ2v) is 6.51. The summed E-state index contributed by atoms with van der Waals surface area (Å²) in [7, 11) is -2.29. The standard InChI is InChI=1S/C12H17FN2O3S2/c1-3-18-7-6-15(2)20(16,17)9-4-5-11(13)10(8-9)12(14)19/h4-5,8H,3,6-7H2,1-2H3,(H2,14,19). The maximum absolute atomic E-state index is 13.5. The smallest absolute Gasteiger partial charge is 0.242 e. The van der Waals surface area contributed by atoms with Crippen molar-refractivity contribution in [2.75, 3.05) is 26.8 Å². The molecule has 0 fully saturated rings. The highest BCUT2D eigenvalue weighted by molar-refractivity contribution is 7.89. The molecular formula is C12H17FN2O3S2. The van der Waals surface area contributed by atoms with E-state index in [0.717, 1.165) is 16.4 Å². The van der Waals surface area contributed by atoms with Crippen LogP contribution in [0.1, 0.15) is 12.5 Å². The lowest BCUT2D eigenvalue weighted by molar-refractivity contribution is 0.138. The predicted octanol–water partition coefficient (Wildman–Crippen LogP) is 1.12. The maximum atomic E-state index is 13.5. The lowest BCUT2D eigenvalue weighted by Crippen LogP contribution is -2.30. The van der Waals surface area contributed by atoms with Crippen LogP contribution in [0.25, 0.3) is 0 Å². The van der Waals surface area contributed by atoms with E-state index in [1.807, 2.05) is 6.92 Å². The number of nitrogens with two attached hydrogens (primary N) is 1. The van der Waals surface area contributed by atoms with Crippen molar-refractivity contribution in [2.45, 2.75) is 11.8 Å². The van der Waals surface area contributed by atoms with E-state index in [1.165, 1.54) is 13.1 Å². The number of halogens is 1. The van der Waals surface area contributed by atoms with Crippen molar-refractivity contribution in [3.8, 4) is 0 Å². The molecule has 5 nitrogen and oxygen atoms in total. The minimum absolute atomic E-state index is 0.0549. The first-order valence-electron chi connectivity index (χ1n) is 5.94. The molecule has 0 saturated carbocycles. The Kier molecular flexibility index (Phi) is 6.00. The van der Waals surface area contributed by atoms with Gasteiger partial charge in [0.05, 0.1) is 11.5 Å². The van der Waals surface area contributed by atoms with Gasteiger partial charge >= 0.3 is 0 Å². The molecule has 2 N–H and O–H groups in total. The molecule has 1 aromatic rings. The van der Waals surface area contributed by atoms with Crippen LogP contribution in [-0.4, -0.2) is 44.5 Å². The monoisotopic (exact) mass is 320 g/mol. The average molecular weight is 320 g/mol. The summed E-state index contributed by atoms with van der Waals surface area (Å²) in [6.45, 7) is 2.82. The van der Waals surface area contributed by atoms with Crippen LogP contribution in [0.3, 0.4) is 0 Å². The van der Waals surface area contributed by atoms with Gasteiger partial charge in [-0.3, -0.25) is 0 Å². The highest BCUT2D eigenvalue weighted by Gasteiger charge is 2.22. The Morgan fingerprint density at radius 1 is 1.50 bits per heavy atom. The third kappa shape index (κ3) is 3.95. The Balaban J connectivity index is 3.03. The van der Waals surface area contributed by atoms with Gasteiger partial charge in [-0.2, -0.15) is 4.31 Å². The third-order valence-electron chi connectivity index (χ3n) is 2.67. The van der Waals surface area contributed by atoms with Crippen LogP contribution in [0.4, 0.5) is 4.39 Å². The van der Waals surface area contributed by atoms with Gasteiger partial charge in [-0.05, 0) is 25.1 Å². The van der Waals surface area contributed by atoms with Gasteiger partial charge in [0, 0.05) is 25.8 Å². The topological polar surface area (TPSA) is 72.6 Å². The fourth-order valence-corrected chi connectivity index (χ4v) is 2.83. The molecule has 0 aliphatic carbocycles. The van der Waals surface area contributed by atoms with Gasteiger partial charge in [-0.1, -0.05) is 12.2 Å². The van der Waals surface area contributed by atoms with Crippen molar-refractivity contribution >= 4 is 27.2 Å².